The summed E-state index contributed by atoms with van der Waals surface area (Å²) in [5.41, 5.74) is 7.19. The van der Waals surface area contributed by atoms with E-state index in [1.54, 1.807) is 12.1 Å². The summed E-state index contributed by atoms with van der Waals surface area (Å²) in [5, 5.41) is 18.6. The molecule has 3 nitrogen and oxygen atoms in total. The minimum Gasteiger partial charge on any atom is -0.506 e. The molecule has 0 bridgehead atoms. The Morgan fingerprint density at radius 1 is 1.53 bits per heavy atom. The van der Waals surface area contributed by atoms with Crippen molar-refractivity contribution in [3.63, 3.8) is 0 Å². The Balaban J connectivity index is 2.44. The first kappa shape index (κ1) is 10.5. The first-order chi connectivity index (χ1) is 7.13. The molecule has 1 aromatic carbocycles. The number of nitrogens with two attached hydrogens (primary N) is 1. The molecular formula is C11H11BrN2O. The van der Waals surface area contributed by atoms with E-state index in [-0.39, 0.29) is 11.8 Å². The lowest BCUT2D eigenvalue weighted by Crippen LogP contribution is -2.12. The monoisotopic (exact) mass is 266 g/mol. The molecule has 15 heavy (non-hydrogen) atoms. The van der Waals surface area contributed by atoms with Crippen LogP contribution in [0.1, 0.15) is 30.0 Å². The smallest absolute Gasteiger partial charge is 0.134 e. The van der Waals surface area contributed by atoms with Crippen molar-refractivity contribution in [3.8, 4) is 11.8 Å². The predicted octanol–water partition coefficient (Wildman–Crippen LogP) is 2.44. The topological polar surface area (TPSA) is 70.0 Å². The van der Waals surface area contributed by atoms with Crippen molar-refractivity contribution in [2.75, 3.05) is 0 Å². The van der Waals surface area contributed by atoms with Gasteiger partial charge in [0.05, 0.1) is 16.1 Å². The minimum absolute atomic E-state index is 0.158. The number of rotatable bonds is 2. The molecular weight excluding hydrogens is 256 g/mol. The van der Waals surface area contributed by atoms with E-state index in [9.17, 15) is 5.11 Å². The summed E-state index contributed by atoms with van der Waals surface area (Å²) in [6.45, 7) is 0. The second-order valence-corrected chi connectivity index (χ2v) is 4.73. The van der Waals surface area contributed by atoms with Gasteiger partial charge in [0.2, 0.25) is 0 Å². The summed E-state index contributed by atoms with van der Waals surface area (Å²) < 4.78 is 0.535. The van der Waals surface area contributed by atoms with Crippen LogP contribution in [0.2, 0.25) is 0 Å². The van der Waals surface area contributed by atoms with Gasteiger partial charge in [-0.1, -0.05) is 0 Å². The lowest BCUT2D eigenvalue weighted by atomic mass is 10.0. The maximum atomic E-state index is 9.83. The third-order valence-corrected chi connectivity index (χ3v) is 3.32. The average molecular weight is 267 g/mol. The number of phenols is 1. The van der Waals surface area contributed by atoms with Crippen LogP contribution < -0.4 is 5.73 Å². The zero-order chi connectivity index (χ0) is 11.0. The lowest BCUT2D eigenvalue weighted by Gasteiger charge is -2.14. The average Bonchev–Trinajstić information content (AvgIpc) is 3.04. The molecule has 1 saturated carbocycles. The Morgan fingerprint density at radius 3 is 2.73 bits per heavy atom. The normalized spacial score (nSPS) is 17.1. The van der Waals surface area contributed by atoms with Gasteiger partial charge in [0.25, 0.3) is 0 Å². The summed E-state index contributed by atoms with van der Waals surface area (Å²) in [7, 11) is 0. The largest absolute Gasteiger partial charge is 0.506 e. The Labute approximate surface area is 96.6 Å². The highest BCUT2D eigenvalue weighted by Gasteiger charge is 2.31. The number of benzene rings is 1. The van der Waals surface area contributed by atoms with Crippen LogP contribution in [0.15, 0.2) is 16.6 Å². The standard InChI is InChI=1S/C11H11BrN2O/c12-9-4-6(5-13)3-8(11(9)15)10(14)7-1-2-7/h3-4,7,10,15H,1-2,14H2/t10-/m0/s1. The van der Waals surface area contributed by atoms with E-state index in [0.29, 0.717) is 21.5 Å². The van der Waals surface area contributed by atoms with Crippen molar-refractivity contribution in [1.29, 1.82) is 5.26 Å². The Morgan fingerprint density at radius 2 is 2.20 bits per heavy atom. The number of phenolic OH excluding ortho intramolecular Hbond substituents is 1. The van der Waals surface area contributed by atoms with Crippen molar-refractivity contribution >= 4 is 15.9 Å². The molecule has 0 radical (unpaired) electrons. The number of hydrogen-bond donors (Lipinski definition) is 2. The SMILES string of the molecule is N#Cc1cc(Br)c(O)c([C@@H](N)C2CC2)c1. The molecule has 0 aliphatic heterocycles. The molecule has 1 fully saturated rings. The van der Waals surface area contributed by atoms with Crippen molar-refractivity contribution in [2.24, 2.45) is 11.7 Å². The van der Waals surface area contributed by atoms with Crippen LogP contribution in [0.3, 0.4) is 0 Å². The van der Waals surface area contributed by atoms with E-state index in [2.05, 4.69) is 22.0 Å². The van der Waals surface area contributed by atoms with E-state index >= 15 is 0 Å². The highest BCUT2D eigenvalue weighted by atomic mass is 79.9. The van der Waals surface area contributed by atoms with E-state index in [1.807, 2.05) is 0 Å². The molecule has 1 aliphatic carbocycles. The highest BCUT2D eigenvalue weighted by Crippen LogP contribution is 2.43. The lowest BCUT2D eigenvalue weighted by molar-refractivity contribution is 0.453. The highest BCUT2D eigenvalue weighted by molar-refractivity contribution is 9.10. The van der Waals surface area contributed by atoms with E-state index in [0.717, 1.165) is 12.8 Å². The van der Waals surface area contributed by atoms with Crippen molar-refractivity contribution < 1.29 is 5.11 Å². The van der Waals surface area contributed by atoms with Crippen LogP contribution >= 0.6 is 15.9 Å². The minimum atomic E-state index is -0.158. The van der Waals surface area contributed by atoms with Crippen molar-refractivity contribution in [2.45, 2.75) is 18.9 Å². The molecule has 3 N–H and O–H groups in total. The van der Waals surface area contributed by atoms with Crippen LogP contribution in [-0.2, 0) is 0 Å². The first-order valence-corrected chi connectivity index (χ1v) is 5.61. The van der Waals surface area contributed by atoms with E-state index in [1.165, 1.54) is 0 Å². The van der Waals surface area contributed by atoms with Crippen LogP contribution in [0.4, 0.5) is 0 Å². The second-order valence-electron chi connectivity index (χ2n) is 3.87. The Kier molecular flexibility index (Phi) is 2.68. The summed E-state index contributed by atoms with van der Waals surface area (Å²) >= 11 is 3.22. The van der Waals surface area contributed by atoms with Gasteiger partial charge in [-0.25, -0.2) is 0 Å². The molecule has 0 saturated heterocycles. The number of nitriles is 1. The number of nitrogens with zero attached hydrogens (tertiary/aromatic N) is 1. The fraction of sp³-hybridized carbons (Fsp3) is 0.364. The van der Waals surface area contributed by atoms with Crippen molar-refractivity contribution in [3.05, 3.63) is 27.7 Å². The van der Waals surface area contributed by atoms with Crippen LogP contribution in [0, 0.1) is 17.2 Å². The van der Waals surface area contributed by atoms with Gasteiger partial charge in [0.1, 0.15) is 5.75 Å². The number of hydrogen-bond acceptors (Lipinski definition) is 3. The van der Waals surface area contributed by atoms with Crippen LogP contribution in [0.5, 0.6) is 5.75 Å². The molecule has 0 heterocycles. The fourth-order valence-corrected chi connectivity index (χ4v) is 2.12. The van der Waals surface area contributed by atoms with E-state index in [4.69, 9.17) is 11.0 Å². The zero-order valence-electron chi connectivity index (χ0n) is 8.07. The van der Waals surface area contributed by atoms with Crippen molar-refractivity contribution in [1.82, 2.24) is 0 Å². The quantitative estimate of drug-likeness (QED) is 0.864. The molecule has 0 unspecified atom stereocenters. The van der Waals surface area contributed by atoms with E-state index < -0.39 is 0 Å². The van der Waals surface area contributed by atoms with Gasteiger partial charge in [0, 0.05) is 11.6 Å². The van der Waals surface area contributed by atoms with Gasteiger partial charge in [0.15, 0.2) is 0 Å². The maximum Gasteiger partial charge on any atom is 0.134 e. The molecule has 78 valence electrons. The van der Waals surface area contributed by atoms with Gasteiger partial charge >= 0.3 is 0 Å². The molecule has 4 heteroatoms. The molecule has 0 spiro atoms. The molecule has 1 aliphatic rings. The van der Waals surface area contributed by atoms with Crippen LogP contribution in [-0.4, -0.2) is 5.11 Å². The molecule has 0 aromatic heterocycles. The number of aromatic hydroxyl groups is 1. The van der Waals surface area contributed by atoms with Gasteiger partial charge in [-0.2, -0.15) is 5.26 Å². The first-order valence-electron chi connectivity index (χ1n) is 4.81. The third-order valence-electron chi connectivity index (χ3n) is 2.71. The van der Waals surface area contributed by atoms with Gasteiger partial charge in [-0.15, -0.1) is 0 Å². The summed E-state index contributed by atoms with van der Waals surface area (Å²) in [5.74, 6) is 0.616. The third kappa shape index (κ3) is 1.99. The molecule has 2 rings (SSSR count). The summed E-state index contributed by atoms with van der Waals surface area (Å²) in [6, 6.07) is 5.16. The van der Waals surface area contributed by atoms with Gasteiger partial charge in [-0.05, 0) is 46.8 Å². The van der Waals surface area contributed by atoms with Gasteiger partial charge in [-0.3, -0.25) is 0 Å². The van der Waals surface area contributed by atoms with Crippen LogP contribution in [0.25, 0.3) is 0 Å². The predicted molar refractivity (Wildman–Crippen MR) is 60.2 cm³/mol. The summed E-state index contributed by atoms with van der Waals surface area (Å²) in [6.07, 6.45) is 2.21. The molecule has 1 atom stereocenters. The fourth-order valence-electron chi connectivity index (χ4n) is 1.65. The molecule has 0 amide bonds. The maximum absolute atomic E-state index is 9.83. The Bertz CT molecular complexity index is 435. The summed E-state index contributed by atoms with van der Waals surface area (Å²) in [4.78, 5) is 0. The Hall–Kier alpha value is -1.05. The van der Waals surface area contributed by atoms with Gasteiger partial charge < -0.3 is 10.8 Å². The number of halogens is 1. The molecule has 1 aromatic rings. The second kappa shape index (κ2) is 3.84. The zero-order valence-corrected chi connectivity index (χ0v) is 9.66.